The van der Waals surface area contributed by atoms with Gasteiger partial charge in [-0.2, -0.15) is 5.10 Å². The summed E-state index contributed by atoms with van der Waals surface area (Å²) in [5.41, 5.74) is 10.5. The standard InChI is InChI=1S/C18H17BrN4O/c1-11-8-14(6-7-15(11)18(20)24)21-13-5-3-4-12(9-13)17-16(19)10-23(2)22-17/h3-10,21H,1-2H3,(H2,20,24). The summed E-state index contributed by atoms with van der Waals surface area (Å²) in [4.78, 5) is 11.3. The number of anilines is 2. The molecule has 5 nitrogen and oxygen atoms in total. The summed E-state index contributed by atoms with van der Waals surface area (Å²) in [6, 6.07) is 13.5. The van der Waals surface area contributed by atoms with E-state index < -0.39 is 5.91 Å². The Morgan fingerprint density at radius 3 is 2.58 bits per heavy atom. The van der Waals surface area contributed by atoms with E-state index in [1.165, 1.54) is 0 Å². The predicted octanol–water partition coefficient (Wildman–Crippen LogP) is 4.00. The molecule has 0 saturated carbocycles. The third kappa shape index (κ3) is 3.33. The van der Waals surface area contributed by atoms with E-state index in [1.54, 1.807) is 10.7 Å². The summed E-state index contributed by atoms with van der Waals surface area (Å²) >= 11 is 3.53. The van der Waals surface area contributed by atoms with Crippen LogP contribution >= 0.6 is 15.9 Å². The zero-order valence-electron chi connectivity index (χ0n) is 13.4. The molecule has 122 valence electrons. The van der Waals surface area contributed by atoms with Crippen molar-refractivity contribution in [3.05, 3.63) is 64.3 Å². The molecular formula is C18H17BrN4O. The van der Waals surface area contributed by atoms with Gasteiger partial charge in [0.2, 0.25) is 5.91 Å². The van der Waals surface area contributed by atoms with Crippen molar-refractivity contribution >= 4 is 33.2 Å². The third-order valence-corrected chi connectivity index (χ3v) is 4.28. The highest BCUT2D eigenvalue weighted by molar-refractivity contribution is 9.10. The number of amides is 1. The number of nitrogens with one attached hydrogen (secondary N) is 1. The van der Waals surface area contributed by atoms with Gasteiger partial charge in [0.05, 0.1) is 4.47 Å². The average molecular weight is 385 g/mol. The number of hydrogen-bond donors (Lipinski definition) is 2. The number of nitrogens with zero attached hydrogens (tertiary/aromatic N) is 2. The Kier molecular flexibility index (Phi) is 4.40. The van der Waals surface area contributed by atoms with Crippen molar-refractivity contribution in [3.8, 4) is 11.3 Å². The molecule has 0 aliphatic carbocycles. The van der Waals surface area contributed by atoms with Gasteiger partial charge in [-0.1, -0.05) is 12.1 Å². The van der Waals surface area contributed by atoms with E-state index in [0.29, 0.717) is 5.56 Å². The van der Waals surface area contributed by atoms with E-state index in [1.807, 2.05) is 56.6 Å². The Morgan fingerprint density at radius 1 is 1.21 bits per heavy atom. The molecule has 2 aromatic carbocycles. The van der Waals surface area contributed by atoms with Gasteiger partial charge in [0.15, 0.2) is 0 Å². The summed E-state index contributed by atoms with van der Waals surface area (Å²) < 4.78 is 2.72. The Morgan fingerprint density at radius 2 is 1.96 bits per heavy atom. The zero-order valence-corrected chi connectivity index (χ0v) is 15.0. The van der Waals surface area contributed by atoms with E-state index >= 15 is 0 Å². The van der Waals surface area contributed by atoms with Crippen LogP contribution in [0.3, 0.4) is 0 Å². The molecule has 1 amide bonds. The van der Waals surface area contributed by atoms with Gasteiger partial charge < -0.3 is 11.1 Å². The van der Waals surface area contributed by atoms with Crippen LogP contribution in [0.15, 0.2) is 53.1 Å². The van der Waals surface area contributed by atoms with Crippen molar-refractivity contribution in [2.24, 2.45) is 12.8 Å². The van der Waals surface area contributed by atoms with Gasteiger partial charge >= 0.3 is 0 Å². The number of carbonyl (C=O) groups excluding carboxylic acids is 1. The Labute approximate surface area is 148 Å². The maximum absolute atomic E-state index is 11.3. The minimum Gasteiger partial charge on any atom is -0.366 e. The molecule has 3 N–H and O–H groups in total. The van der Waals surface area contributed by atoms with Crippen LogP contribution in [0.2, 0.25) is 0 Å². The van der Waals surface area contributed by atoms with Gasteiger partial charge in [-0.05, 0) is 58.7 Å². The molecule has 1 aromatic heterocycles. The maximum Gasteiger partial charge on any atom is 0.248 e. The van der Waals surface area contributed by atoms with E-state index in [0.717, 1.165) is 32.7 Å². The van der Waals surface area contributed by atoms with Crippen LogP contribution in [0.1, 0.15) is 15.9 Å². The van der Waals surface area contributed by atoms with E-state index in [4.69, 9.17) is 5.73 Å². The molecule has 0 atom stereocenters. The summed E-state index contributed by atoms with van der Waals surface area (Å²) in [6.07, 6.45) is 1.92. The van der Waals surface area contributed by atoms with Crippen molar-refractivity contribution in [3.63, 3.8) is 0 Å². The molecule has 6 heteroatoms. The van der Waals surface area contributed by atoms with Crippen LogP contribution in [-0.2, 0) is 7.05 Å². The highest BCUT2D eigenvalue weighted by Gasteiger charge is 2.09. The van der Waals surface area contributed by atoms with E-state index in [-0.39, 0.29) is 0 Å². The maximum atomic E-state index is 11.3. The SMILES string of the molecule is Cc1cc(Nc2cccc(-c3nn(C)cc3Br)c2)ccc1C(N)=O. The number of aryl methyl sites for hydroxylation is 2. The molecule has 0 saturated heterocycles. The highest BCUT2D eigenvalue weighted by atomic mass is 79.9. The second-order valence-corrected chi connectivity index (χ2v) is 6.45. The Hall–Kier alpha value is -2.60. The molecule has 3 rings (SSSR count). The van der Waals surface area contributed by atoms with Crippen LogP contribution in [0.4, 0.5) is 11.4 Å². The van der Waals surface area contributed by atoms with Gasteiger partial charge in [-0.3, -0.25) is 9.48 Å². The highest BCUT2D eigenvalue weighted by Crippen LogP contribution is 2.29. The molecule has 0 unspecified atom stereocenters. The number of nitrogens with two attached hydrogens (primary N) is 1. The summed E-state index contributed by atoms with van der Waals surface area (Å²) in [5, 5.41) is 7.81. The second-order valence-electron chi connectivity index (χ2n) is 5.60. The summed E-state index contributed by atoms with van der Waals surface area (Å²) in [7, 11) is 1.89. The molecule has 0 radical (unpaired) electrons. The fourth-order valence-corrected chi connectivity index (χ4v) is 3.19. The van der Waals surface area contributed by atoms with Crippen LogP contribution in [0, 0.1) is 6.92 Å². The fraction of sp³-hybridized carbons (Fsp3) is 0.111. The predicted molar refractivity (Wildman–Crippen MR) is 99.3 cm³/mol. The Balaban J connectivity index is 1.89. The van der Waals surface area contributed by atoms with Crippen molar-refractivity contribution in [1.29, 1.82) is 0 Å². The molecule has 0 bridgehead atoms. The third-order valence-electron chi connectivity index (χ3n) is 3.70. The molecular weight excluding hydrogens is 368 g/mol. The number of carbonyl (C=O) groups is 1. The minimum absolute atomic E-state index is 0.416. The van der Waals surface area contributed by atoms with Crippen molar-refractivity contribution in [1.82, 2.24) is 9.78 Å². The van der Waals surface area contributed by atoms with Crippen molar-refractivity contribution in [2.75, 3.05) is 5.32 Å². The molecule has 0 fully saturated rings. The number of halogens is 1. The Bertz CT molecular complexity index is 917. The summed E-state index contributed by atoms with van der Waals surface area (Å²) in [5.74, 6) is -0.416. The zero-order chi connectivity index (χ0) is 17.3. The van der Waals surface area contributed by atoms with E-state index in [2.05, 4.69) is 26.3 Å². The van der Waals surface area contributed by atoms with Crippen LogP contribution in [0.5, 0.6) is 0 Å². The molecule has 0 aliphatic rings. The van der Waals surface area contributed by atoms with E-state index in [9.17, 15) is 4.79 Å². The van der Waals surface area contributed by atoms with Gasteiger partial charge in [-0.25, -0.2) is 0 Å². The molecule has 0 spiro atoms. The first-order chi connectivity index (χ1) is 11.4. The molecule has 0 aliphatic heterocycles. The normalized spacial score (nSPS) is 10.6. The van der Waals surface area contributed by atoms with Crippen LogP contribution in [-0.4, -0.2) is 15.7 Å². The number of primary amides is 1. The lowest BCUT2D eigenvalue weighted by atomic mass is 10.1. The first-order valence-corrected chi connectivity index (χ1v) is 8.20. The van der Waals surface area contributed by atoms with Gasteiger partial charge in [0.25, 0.3) is 0 Å². The molecule has 1 heterocycles. The van der Waals surface area contributed by atoms with Gasteiger partial charge in [0.1, 0.15) is 5.69 Å². The smallest absolute Gasteiger partial charge is 0.248 e. The topological polar surface area (TPSA) is 72.9 Å². The van der Waals surface area contributed by atoms with Crippen molar-refractivity contribution < 1.29 is 4.79 Å². The first-order valence-electron chi connectivity index (χ1n) is 7.41. The van der Waals surface area contributed by atoms with Gasteiger partial charge in [-0.15, -0.1) is 0 Å². The first kappa shape index (κ1) is 16.3. The quantitative estimate of drug-likeness (QED) is 0.713. The number of aromatic nitrogens is 2. The van der Waals surface area contributed by atoms with Crippen LogP contribution < -0.4 is 11.1 Å². The van der Waals surface area contributed by atoms with Crippen molar-refractivity contribution in [2.45, 2.75) is 6.92 Å². The number of rotatable bonds is 4. The van der Waals surface area contributed by atoms with Gasteiger partial charge in [0, 0.05) is 35.7 Å². The average Bonchev–Trinajstić information content (AvgIpc) is 2.86. The minimum atomic E-state index is -0.416. The fourth-order valence-electron chi connectivity index (χ4n) is 2.58. The summed E-state index contributed by atoms with van der Waals surface area (Å²) in [6.45, 7) is 1.87. The number of benzene rings is 2. The number of hydrogen-bond acceptors (Lipinski definition) is 3. The second kappa shape index (κ2) is 6.49. The monoisotopic (exact) mass is 384 g/mol. The van der Waals surface area contributed by atoms with Crippen LogP contribution in [0.25, 0.3) is 11.3 Å². The lowest BCUT2D eigenvalue weighted by Crippen LogP contribution is -2.12. The largest absolute Gasteiger partial charge is 0.366 e. The molecule has 3 aromatic rings. The molecule has 24 heavy (non-hydrogen) atoms. The lowest BCUT2D eigenvalue weighted by Gasteiger charge is -2.10. The lowest BCUT2D eigenvalue weighted by molar-refractivity contribution is 0.1000.